The van der Waals surface area contributed by atoms with E-state index in [1.807, 2.05) is 26.0 Å². The average Bonchev–Trinajstić information content (AvgIpc) is 2.44. The summed E-state index contributed by atoms with van der Waals surface area (Å²) < 4.78 is 13.9. The van der Waals surface area contributed by atoms with Gasteiger partial charge in [-0.05, 0) is 54.6 Å². The predicted molar refractivity (Wildman–Crippen MR) is 85.2 cm³/mol. The van der Waals surface area contributed by atoms with Crippen LogP contribution in [0.25, 0.3) is 0 Å². The van der Waals surface area contributed by atoms with Gasteiger partial charge in [-0.1, -0.05) is 43.3 Å². The molecule has 0 aromatic heterocycles. The lowest BCUT2D eigenvalue weighted by molar-refractivity contribution is 0.418. The first-order chi connectivity index (χ1) is 10.1. The van der Waals surface area contributed by atoms with Gasteiger partial charge in [0.05, 0.1) is 0 Å². The van der Waals surface area contributed by atoms with Crippen LogP contribution in [0, 0.1) is 19.7 Å². The summed E-state index contributed by atoms with van der Waals surface area (Å²) in [5, 5.41) is 3.59. The molecule has 0 spiro atoms. The molecule has 0 saturated heterocycles. The normalized spacial score (nSPS) is 18.0. The highest BCUT2D eigenvalue weighted by Crippen LogP contribution is 2.43. The third kappa shape index (κ3) is 2.49. The summed E-state index contributed by atoms with van der Waals surface area (Å²) in [5.74, 6) is 0.411. The molecule has 2 atom stereocenters. The number of hydrogen-bond donors (Lipinski definition) is 1. The number of aryl methyl sites for hydroxylation is 2. The SMILES string of the molecule is CCNC(c1cc(C)c(F)c(C)c1)C1Cc2ccccc21. The van der Waals surface area contributed by atoms with Gasteiger partial charge in [-0.15, -0.1) is 0 Å². The smallest absolute Gasteiger partial charge is 0.129 e. The van der Waals surface area contributed by atoms with Crippen LogP contribution in [-0.2, 0) is 6.42 Å². The summed E-state index contributed by atoms with van der Waals surface area (Å²) in [7, 11) is 0. The number of nitrogens with one attached hydrogen (secondary N) is 1. The molecule has 2 aromatic rings. The van der Waals surface area contributed by atoms with E-state index in [0.717, 1.165) is 24.1 Å². The second kappa shape index (κ2) is 5.61. The van der Waals surface area contributed by atoms with Crippen LogP contribution in [0.1, 0.15) is 46.7 Å². The van der Waals surface area contributed by atoms with Gasteiger partial charge in [-0.25, -0.2) is 4.39 Å². The van der Waals surface area contributed by atoms with Crippen molar-refractivity contribution in [1.29, 1.82) is 0 Å². The maximum absolute atomic E-state index is 13.9. The maximum Gasteiger partial charge on any atom is 0.129 e. The van der Waals surface area contributed by atoms with Crippen LogP contribution in [0.3, 0.4) is 0 Å². The molecule has 0 radical (unpaired) electrons. The van der Waals surface area contributed by atoms with Crippen molar-refractivity contribution in [2.75, 3.05) is 6.54 Å². The van der Waals surface area contributed by atoms with E-state index >= 15 is 0 Å². The Hall–Kier alpha value is -1.67. The molecule has 0 bridgehead atoms. The number of fused-ring (bicyclic) bond motifs is 1. The topological polar surface area (TPSA) is 12.0 Å². The molecule has 0 fully saturated rings. The van der Waals surface area contributed by atoms with Crippen molar-refractivity contribution in [3.05, 3.63) is 70.0 Å². The van der Waals surface area contributed by atoms with Crippen LogP contribution in [0.4, 0.5) is 4.39 Å². The fourth-order valence-electron chi connectivity index (χ4n) is 3.47. The summed E-state index contributed by atoms with van der Waals surface area (Å²) in [6, 6.07) is 12.9. The Morgan fingerprint density at radius 3 is 2.48 bits per heavy atom. The lowest BCUT2D eigenvalue weighted by Crippen LogP contribution is -2.33. The van der Waals surface area contributed by atoms with Crippen molar-refractivity contribution in [3.63, 3.8) is 0 Å². The fourth-order valence-corrected chi connectivity index (χ4v) is 3.47. The minimum atomic E-state index is -0.0805. The molecule has 2 aromatic carbocycles. The Kier molecular flexibility index (Phi) is 3.81. The van der Waals surface area contributed by atoms with Crippen LogP contribution >= 0.6 is 0 Å². The monoisotopic (exact) mass is 283 g/mol. The molecule has 1 aliphatic carbocycles. The Morgan fingerprint density at radius 1 is 1.19 bits per heavy atom. The number of hydrogen-bond acceptors (Lipinski definition) is 1. The largest absolute Gasteiger partial charge is 0.310 e. The Bertz CT molecular complexity index is 639. The van der Waals surface area contributed by atoms with Gasteiger partial charge < -0.3 is 5.32 Å². The molecule has 1 nitrogen and oxygen atoms in total. The molecule has 1 aliphatic rings. The van der Waals surface area contributed by atoms with E-state index in [1.165, 1.54) is 16.7 Å². The minimum Gasteiger partial charge on any atom is -0.310 e. The standard InChI is InChI=1S/C19H22FN/c1-4-21-19(15-9-12(2)18(20)13(3)10-15)17-11-14-7-5-6-8-16(14)17/h5-10,17,19,21H,4,11H2,1-3H3. The quantitative estimate of drug-likeness (QED) is 0.875. The van der Waals surface area contributed by atoms with Gasteiger partial charge >= 0.3 is 0 Å². The Morgan fingerprint density at radius 2 is 1.86 bits per heavy atom. The second-order valence-corrected chi connectivity index (χ2v) is 6.01. The van der Waals surface area contributed by atoms with E-state index in [-0.39, 0.29) is 11.9 Å². The molecule has 0 saturated carbocycles. The highest BCUT2D eigenvalue weighted by atomic mass is 19.1. The molecular weight excluding hydrogens is 261 g/mol. The summed E-state index contributed by atoms with van der Waals surface area (Å²) in [4.78, 5) is 0. The fraction of sp³-hybridized carbons (Fsp3) is 0.368. The Balaban J connectivity index is 1.97. The van der Waals surface area contributed by atoms with Crippen LogP contribution in [0.15, 0.2) is 36.4 Å². The summed E-state index contributed by atoms with van der Waals surface area (Å²) in [5.41, 5.74) is 5.55. The van der Waals surface area contributed by atoms with Crippen molar-refractivity contribution < 1.29 is 4.39 Å². The Labute approximate surface area is 126 Å². The highest BCUT2D eigenvalue weighted by Gasteiger charge is 2.33. The van der Waals surface area contributed by atoms with Gasteiger partial charge in [0.15, 0.2) is 0 Å². The molecule has 110 valence electrons. The van der Waals surface area contributed by atoms with Crippen molar-refractivity contribution in [1.82, 2.24) is 5.32 Å². The lowest BCUT2D eigenvalue weighted by Gasteiger charge is -2.37. The molecule has 0 aliphatic heterocycles. The number of halogens is 1. The third-order valence-electron chi connectivity index (χ3n) is 4.54. The molecule has 2 unspecified atom stereocenters. The van der Waals surface area contributed by atoms with Crippen molar-refractivity contribution in [3.8, 4) is 0 Å². The molecule has 3 rings (SSSR count). The van der Waals surface area contributed by atoms with Crippen LogP contribution in [0.5, 0.6) is 0 Å². The highest BCUT2D eigenvalue weighted by molar-refractivity contribution is 5.44. The predicted octanol–water partition coefficient (Wildman–Crippen LogP) is 4.43. The minimum absolute atomic E-state index is 0.0805. The maximum atomic E-state index is 13.9. The zero-order chi connectivity index (χ0) is 15.0. The molecule has 0 heterocycles. The van der Waals surface area contributed by atoms with E-state index in [0.29, 0.717) is 5.92 Å². The van der Waals surface area contributed by atoms with Gasteiger partial charge in [0.25, 0.3) is 0 Å². The molecular formula is C19H22FN. The van der Waals surface area contributed by atoms with Crippen molar-refractivity contribution in [2.24, 2.45) is 0 Å². The van der Waals surface area contributed by atoms with Gasteiger partial charge in [0.1, 0.15) is 5.82 Å². The number of likely N-dealkylation sites (N-methyl/N-ethyl adjacent to an activating group) is 1. The van der Waals surface area contributed by atoms with E-state index < -0.39 is 0 Å². The average molecular weight is 283 g/mol. The summed E-state index contributed by atoms with van der Waals surface area (Å²) in [6.45, 7) is 6.74. The van der Waals surface area contributed by atoms with Crippen LogP contribution < -0.4 is 5.32 Å². The molecule has 21 heavy (non-hydrogen) atoms. The summed E-state index contributed by atoms with van der Waals surface area (Å²) >= 11 is 0. The molecule has 0 amide bonds. The summed E-state index contributed by atoms with van der Waals surface area (Å²) in [6.07, 6.45) is 1.10. The first-order valence-corrected chi connectivity index (χ1v) is 7.69. The van der Waals surface area contributed by atoms with E-state index in [2.05, 4.69) is 36.5 Å². The zero-order valence-electron chi connectivity index (χ0n) is 12.9. The van der Waals surface area contributed by atoms with Gasteiger partial charge in [-0.3, -0.25) is 0 Å². The van der Waals surface area contributed by atoms with Gasteiger partial charge in [0.2, 0.25) is 0 Å². The van der Waals surface area contributed by atoms with Crippen molar-refractivity contribution in [2.45, 2.75) is 39.2 Å². The number of rotatable bonds is 4. The van der Waals surface area contributed by atoms with E-state index in [9.17, 15) is 4.39 Å². The lowest BCUT2D eigenvalue weighted by atomic mass is 9.71. The first-order valence-electron chi connectivity index (χ1n) is 7.69. The second-order valence-electron chi connectivity index (χ2n) is 6.01. The van der Waals surface area contributed by atoms with Gasteiger partial charge in [-0.2, -0.15) is 0 Å². The third-order valence-corrected chi connectivity index (χ3v) is 4.54. The number of benzene rings is 2. The first kappa shape index (κ1) is 14.3. The van der Waals surface area contributed by atoms with E-state index in [4.69, 9.17) is 0 Å². The van der Waals surface area contributed by atoms with Crippen molar-refractivity contribution >= 4 is 0 Å². The van der Waals surface area contributed by atoms with Crippen LogP contribution in [-0.4, -0.2) is 6.54 Å². The van der Waals surface area contributed by atoms with E-state index in [1.54, 1.807) is 0 Å². The zero-order valence-corrected chi connectivity index (χ0v) is 12.9. The van der Waals surface area contributed by atoms with Crippen LogP contribution in [0.2, 0.25) is 0 Å². The van der Waals surface area contributed by atoms with Gasteiger partial charge in [0, 0.05) is 12.0 Å². The molecule has 2 heteroatoms. The molecule has 1 N–H and O–H groups in total.